The maximum Gasteiger partial charge on any atom is 0.266 e. The third kappa shape index (κ3) is 2.20. The van der Waals surface area contributed by atoms with Crippen molar-refractivity contribution in [2.24, 2.45) is 0 Å². The zero-order valence-electron chi connectivity index (χ0n) is 6.72. The molecule has 0 aliphatic heterocycles. The third-order valence-corrected chi connectivity index (χ3v) is 2.46. The van der Waals surface area contributed by atoms with Gasteiger partial charge in [-0.05, 0) is 35.6 Å². The number of carbonyl (C=O) groups excluding carboxylic acids is 1. The molecule has 0 aliphatic carbocycles. The first-order chi connectivity index (χ1) is 6.06. The van der Waals surface area contributed by atoms with E-state index in [0.717, 1.165) is 0 Å². The molecule has 70 valence electrons. The number of rotatable bonds is 2. The molecule has 0 saturated carbocycles. The number of hydrogen-bond acceptors (Lipinski definition) is 2. The van der Waals surface area contributed by atoms with Crippen molar-refractivity contribution in [2.75, 3.05) is 0 Å². The minimum atomic E-state index is -2.58. The molecule has 0 unspecified atom stereocenters. The van der Waals surface area contributed by atoms with Crippen molar-refractivity contribution in [3.8, 4) is 0 Å². The van der Waals surface area contributed by atoms with Gasteiger partial charge in [0.1, 0.15) is 3.70 Å². The first-order valence-electron chi connectivity index (χ1n) is 3.46. The molecule has 0 radical (unpaired) electrons. The van der Waals surface area contributed by atoms with Gasteiger partial charge < -0.3 is 0 Å². The van der Waals surface area contributed by atoms with Gasteiger partial charge in [0, 0.05) is 11.3 Å². The van der Waals surface area contributed by atoms with E-state index in [-0.39, 0.29) is 14.8 Å². The number of nitrogens with zero attached hydrogens (tertiary/aromatic N) is 1. The van der Waals surface area contributed by atoms with E-state index < -0.39 is 6.43 Å². The van der Waals surface area contributed by atoms with Gasteiger partial charge in [-0.25, -0.2) is 13.8 Å². The normalized spacial score (nSPS) is 10.5. The van der Waals surface area contributed by atoms with E-state index in [1.807, 2.05) is 0 Å². The Kier molecular flexibility index (Phi) is 3.29. The molecule has 1 heterocycles. The van der Waals surface area contributed by atoms with Crippen molar-refractivity contribution >= 4 is 28.9 Å². The Morgan fingerprint density at radius 3 is 2.69 bits per heavy atom. The summed E-state index contributed by atoms with van der Waals surface area (Å²) in [6, 6.07) is 1.18. The van der Waals surface area contributed by atoms with Gasteiger partial charge in [0.15, 0.2) is 6.29 Å². The Balaban J connectivity index is 3.30. The van der Waals surface area contributed by atoms with Crippen molar-refractivity contribution in [2.45, 2.75) is 13.3 Å². The Morgan fingerprint density at radius 2 is 2.23 bits per heavy atom. The number of pyridine rings is 1. The summed E-state index contributed by atoms with van der Waals surface area (Å²) >= 11 is 1.73. The number of aromatic nitrogens is 1. The van der Waals surface area contributed by atoms with Crippen molar-refractivity contribution in [1.82, 2.24) is 4.98 Å². The topological polar surface area (TPSA) is 30.0 Å². The summed E-state index contributed by atoms with van der Waals surface area (Å²) < 4.78 is 24.9. The molecule has 0 spiro atoms. The highest BCUT2D eigenvalue weighted by Crippen LogP contribution is 2.24. The zero-order chi connectivity index (χ0) is 10.0. The predicted octanol–water partition coefficient (Wildman–Crippen LogP) is 2.74. The van der Waals surface area contributed by atoms with Crippen LogP contribution in [0.5, 0.6) is 0 Å². The second-order valence-corrected chi connectivity index (χ2v) is 3.48. The molecule has 1 aromatic heterocycles. The first kappa shape index (κ1) is 10.5. The predicted molar refractivity (Wildman–Crippen MR) is 52.0 cm³/mol. The molecule has 1 aromatic rings. The van der Waals surface area contributed by atoms with E-state index in [0.29, 0.717) is 12.0 Å². The van der Waals surface area contributed by atoms with Crippen LogP contribution in [0.25, 0.3) is 0 Å². The van der Waals surface area contributed by atoms with Crippen LogP contribution in [0.2, 0.25) is 0 Å². The fourth-order valence-corrected chi connectivity index (χ4v) is 1.63. The molecule has 0 fully saturated rings. The number of aldehydes is 1. The molecule has 0 atom stereocenters. The average Bonchev–Trinajstić information content (AvgIpc) is 2.03. The zero-order valence-corrected chi connectivity index (χ0v) is 8.88. The standard InChI is InChI=1S/C8H6F2INO/c1-4-5(3-13)2-6(7(9)10)8(11)12-4/h2-3,7H,1H3. The van der Waals surface area contributed by atoms with Crippen LogP contribution in [-0.2, 0) is 0 Å². The van der Waals surface area contributed by atoms with Crippen molar-refractivity contribution in [3.05, 3.63) is 26.6 Å². The fraction of sp³-hybridized carbons (Fsp3) is 0.250. The van der Waals surface area contributed by atoms with Crippen molar-refractivity contribution < 1.29 is 13.6 Å². The van der Waals surface area contributed by atoms with Gasteiger partial charge in [-0.1, -0.05) is 0 Å². The molecular weight excluding hydrogens is 291 g/mol. The number of hydrogen-bond donors (Lipinski definition) is 0. The van der Waals surface area contributed by atoms with E-state index in [2.05, 4.69) is 4.98 Å². The van der Waals surface area contributed by atoms with E-state index in [1.54, 1.807) is 29.5 Å². The summed E-state index contributed by atoms with van der Waals surface area (Å²) in [5.41, 5.74) is 0.507. The van der Waals surface area contributed by atoms with E-state index in [1.165, 1.54) is 6.07 Å². The quantitative estimate of drug-likeness (QED) is 0.477. The largest absolute Gasteiger partial charge is 0.298 e. The van der Waals surface area contributed by atoms with Gasteiger partial charge in [-0.2, -0.15) is 0 Å². The highest BCUT2D eigenvalue weighted by Gasteiger charge is 2.14. The summed E-state index contributed by atoms with van der Waals surface area (Å²) in [4.78, 5) is 14.3. The lowest BCUT2D eigenvalue weighted by Gasteiger charge is -2.05. The maximum absolute atomic E-state index is 12.3. The molecule has 2 nitrogen and oxygen atoms in total. The number of alkyl halides is 2. The first-order valence-corrected chi connectivity index (χ1v) is 4.54. The molecule has 0 aliphatic rings. The molecule has 0 saturated heterocycles. The molecular formula is C8H6F2INO. The van der Waals surface area contributed by atoms with Gasteiger partial charge >= 0.3 is 0 Å². The minimum Gasteiger partial charge on any atom is -0.298 e. The van der Waals surface area contributed by atoms with Gasteiger partial charge in [0.05, 0.1) is 5.56 Å². The third-order valence-electron chi connectivity index (χ3n) is 1.59. The summed E-state index contributed by atoms with van der Waals surface area (Å²) in [5.74, 6) is 0. The van der Waals surface area contributed by atoms with Gasteiger partial charge in [0.25, 0.3) is 6.43 Å². The Morgan fingerprint density at radius 1 is 1.62 bits per heavy atom. The second-order valence-electron chi connectivity index (χ2n) is 2.46. The van der Waals surface area contributed by atoms with Crippen molar-refractivity contribution in [3.63, 3.8) is 0 Å². The van der Waals surface area contributed by atoms with Gasteiger partial charge in [0.2, 0.25) is 0 Å². The fourth-order valence-electron chi connectivity index (χ4n) is 0.880. The molecule has 1 rings (SSSR count). The van der Waals surface area contributed by atoms with Crippen LogP contribution < -0.4 is 0 Å². The summed E-state index contributed by atoms with van der Waals surface area (Å²) in [7, 11) is 0. The Bertz CT molecular complexity index is 341. The molecule has 0 amide bonds. The second kappa shape index (κ2) is 4.08. The van der Waals surface area contributed by atoms with Crippen LogP contribution in [0, 0.1) is 10.6 Å². The lowest BCUT2D eigenvalue weighted by atomic mass is 10.1. The van der Waals surface area contributed by atoms with Crippen molar-refractivity contribution in [1.29, 1.82) is 0 Å². The van der Waals surface area contributed by atoms with Crippen LogP contribution in [-0.4, -0.2) is 11.3 Å². The minimum absolute atomic E-state index is 0.187. The van der Waals surface area contributed by atoms with Crippen LogP contribution in [0.3, 0.4) is 0 Å². The highest BCUT2D eigenvalue weighted by molar-refractivity contribution is 14.1. The van der Waals surface area contributed by atoms with Gasteiger partial charge in [-0.15, -0.1) is 0 Å². The highest BCUT2D eigenvalue weighted by atomic mass is 127. The smallest absolute Gasteiger partial charge is 0.266 e. The average molecular weight is 297 g/mol. The van der Waals surface area contributed by atoms with Crippen LogP contribution in [0.1, 0.15) is 28.0 Å². The van der Waals surface area contributed by atoms with E-state index in [9.17, 15) is 13.6 Å². The van der Waals surface area contributed by atoms with E-state index in [4.69, 9.17) is 0 Å². The van der Waals surface area contributed by atoms with Gasteiger partial charge in [-0.3, -0.25) is 4.79 Å². The molecule has 5 heteroatoms. The number of aryl methyl sites for hydroxylation is 1. The molecule has 0 N–H and O–H groups in total. The van der Waals surface area contributed by atoms with Crippen LogP contribution in [0.4, 0.5) is 8.78 Å². The lowest BCUT2D eigenvalue weighted by Crippen LogP contribution is -1.99. The maximum atomic E-state index is 12.3. The summed E-state index contributed by atoms with van der Waals surface area (Å²) in [6.07, 6.45) is -2.05. The van der Waals surface area contributed by atoms with E-state index >= 15 is 0 Å². The van der Waals surface area contributed by atoms with Crippen LogP contribution in [0.15, 0.2) is 6.07 Å². The Labute approximate surface area is 87.5 Å². The van der Waals surface area contributed by atoms with Crippen LogP contribution >= 0.6 is 22.6 Å². The molecule has 13 heavy (non-hydrogen) atoms. The number of carbonyl (C=O) groups is 1. The lowest BCUT2D eigenvalue weighted by molar-refractivity contribution is 0.112. The molecule has 0 bridgehead atoms. The molecule has 0 aromatic carbocycles. The monoisotopic (exact) mass is 297 g/mol. The number of halogens is 3. The SMILES string of the molecule is Cc1nc(I)c(C(F)F)cc1C=O. The summed E-state index contributed by atoms with van der Waals surface area (Å²) in [6.45, 7) is 1.61. The Hall–Kier alpha value is -0.590. The summed E-state index contributed by atoms with van der Waals surface area (Å²) in [5, 5.41) is 0.